The lowest BCUT2D eigenvalue weighted by molar-refractivity contribution is -0.0532. The number of aromatic nitrogens is 2. The lowest BCUT2D eigenvalue weighted by Gasteiger charge is -2.35. The number of piperazine rings is 1. The number of hydrogen-bond donors (Lipinski definition) is 2. The van der Waals surface area contributed by atoms with Crippen LogP contribution in [0, 0.1) is 23.6 Å². The second kappa shape index (κ2) is 11.3. The smallest absolute Gasteiger partial charge is 0.319 e. The Morgan fingerprint density at radius 1 is 1.10 bits per heavy atom. The van der Waals surface area contributed by atoms with Crippen LogP contribution in [0.3, 0.4) is 0 Å². The molecule has 3 aromatic carbocycles. The molecule has 2 aliphatic carbocycles. The van der Waals surface area contributed by atoms with E-state index in [1.807, 2.05) is 6.07 Å². The molecule has 11 heteroatoms. The molecule has 5 aliphatic rings. The molecule has 48 heavy (non-hydrogen) atoms. The first-order valence-corrected chi connectivity index (χ1v) is 17.6. The van der Waals surface area contributed by atoms with E-state index in [4.69, 9.17) is 49.1 Å². The Kier molecular flexibility index (Phi) is 7.23. The monoisotopic (exact) mass is 687 g/mol. The number of morpholine rings is 1. The average molecular weight is 689 g/mol. The van der Waals surface area contributed by atoms with Gasteiger partial charge in [0.15, 0.2) is 0 Å². The van der Waals surface area contributed by atoms with Gasteiger partial charge in [0, 0.05) is 66.6 Å². The second-order valence-corrected chi connectivity index (χ2v) is 15.3. The van der Waals surface area contributed by atoms with Crippen molar-refractivity contribution in [3.05, 3.63) is 51.8 Å². The molecule has 0 amide bonds. The molecule has 4 heterocycles. The summed E-state index contributed by atoms with van der Waals surface area (Å²) < 4.78 is 27.5. The van der Waals surface area contributed by atoms with Gasteiger partial charge in [-0.25, -0.2) is 4.39 Å². The number of halogens is 3. The Morgan fingerprint density at radius 2 is 1.90 bits per heavy atom. The normalized spacial score (nSPS) is 23.9. The Morgan fingerprint density at radius 3 is 2.62 bits per heavy atom. The summed E-state index contributed by atoms with van der Waals surface area (Å²) in [5.41, 5.74) is 1.52. The molecule has 0 radical (unpaired) electrons. The standard InChI is InChI=1S/C37H36Cl2FN5O3/c1-2-25-29(40)6-3-21-13-24(46)14-26(30(21)25)31-28(38)15-27-33(32(31)39)42-35(43-34(27)45-16-22-4-5-23(17-45)41-22)47-20-36(7-8-36)18-44-11-12-48-37(19-44)9-10-37/h1,3,6,13-15,22-23,41,46H,4-5,7-12,16-20H2. The molecule has 2 saturated carbocycles. The third-order valence-corrected chi connectivity index (χ3v) is 11.6. The van der Waals surface area contributed by atoms with Crippen LogP contribution < -0.4 is 15.0 Å². The number of aromatic hydroxyl groups is 1. The van der Waals surface area contributed by atoms with Crippen molar-refractivity contribution in [2.75, 3.05) is 50.8 Å². The molecule has 3 saturated heterocycles. The van der Waals surface area contributed by atoms with Crippen molar-refractivity contribution in [3.63, 3.8) is 0 Å². The number of fused-ring (bicyclic) bond motifs is 4. The largest absolute Gasteiger partial charge is 0.508 e. The number of anilines is 1. The van der Waals surface area contributed by atoms with Gasteiger partial charge in [0.2, 0.25) is 0 Å². The fourth-order valence-corrected chi connectivity index (χ4v) is 8.86. The molecule has 9 rings (SSSR count). The molecule has 4 aromatic rings. The highest BCUT2D eigenvalue weighted by atomic mass is 35.5. The maximum absolute atomic E-state index is 15.0. The van der Waals surface area contributed by atoms with Gasteiger partial charge in [-0.15, -0.1) is 6.42 Å². The van der Waals surface area contributed by atoms with E-state index >= 15 is 0 Å². The summed E-state index contributed by atoms with van der Waals surface area (Å²) in [6, 6.07) is 8.77. The van der Waals surface area contributed by atoms with Crippen LogP contribution in [-0.2, 0) is 4.74 Å². The predicted octanol–water partition coefficient (Wildman–Crippen LogP) is 6.55. The first-order valence-electron chi connectivity index (χ1n) is 16.8. The van der Waals surface area contributed by atoms with Crippen molar-refractivity contribution in [1.29, 1.82) is 0 Å². The number of nitrogens with one attached hydrogen (secondary N) is 1. The van der Waals surface area contributed by atoms with Crippen molar-refractivity contribution in [2.24, 2.45) is 5.41 Å². The number of terminal acetylenes is 1. The van der Waals surface area contributed by atoms with Crippen molar-refractivity contribution < 1.29 is 19.0 Å². The molecule has 3 aliphatic heterocycles. The number of ether oxygens (including phenoxy) is 2. The number of phenolic OH excluding ortho intramolecular Hbond substituents is 1. The topological polar surface area (TPSA) is 83.0 Å². The number of rotatable bonds is 7. The molecule has 2 bridgehead atoms. The van der Waals surface area contributed by atoms with Crippen LogP contribution in [0.15, 0.2) is 30.3 Å². The molecule has 5 fully saturated rings. The van der Waals surface area contributed by atoms with Crippen LogP contribution in [-0.4, -0.2) is 83.6 Å². The first-order chi connectivity index (χ1) is 23.2. The minimum atomic E-state index is -0.544. The van der Waals surface area contributed by atoms with E-state index in [2.05, 4.69) is 21.0 Å². The highest BCUT2D eigenvalue weighted by Crippen LogP contribution is 2.50. The third-order valence-electron chi connectivity index (χ3n) is 11.0. The highest BCUT2D eigenvalue weighted by Gasteiger charge is 2.51. The molecule has 2 N–H and O–H groups in total. The minimum Gasteiger partial charge on any atom is -0.508 e. The maximum Gasteiger partial charge on any atom is 0.319 e. The molecule has 1 spiro atoms. The van der Waals surface area contributed by atoms with Gasteiger partial charge in [-0.1, -0.05) is 35.2 Å². The molecule has 2 unspecified atom stereocenters. The van der Waals surface area contributed by atoms with E-state index in [1.54, 1.807) is 12.1 Å². The lowest BCUT2D eigenvalue weighted by Crippen LogP contribution is -2.51. The second-order valence-electron chi connectivity index (χ2n) is 14.5. The van der Waals surface area contributed by atoms with Crippen molar-refractivity contribution in [1.82, 2.24) is 20.2 Å². The van der Waals surface area contributed by atoms with Gasteiger partial charge < -0.3 is 24.8 Å². The van der Waals surface area contributed by atoms with Crippen LogP contribution in [0.2, 0.25) is 10.0 Å². The predicted molar refractivity (Wildman–Crippen MR) is 186 cm³/mol. The summed E-state index contributed by atoms with van der Waals surface area (Å²) in [6.07, 6.45) is 12.5. The molecule has 8 nitrogen and oxygen atoms in total. The van der Waals surface area contributed by atoms with Gasteiger partial charge in [-0.3, -0.25) is 4.90 Å². The number of nitrogens with zero attached hydrogens (tertiary/aromatic N) is 4. The third kappa shape index (κ3) is 5.33. The summed E-state index contributed by atoms with van der Waals surface area (Å²) >= 11 is 14.3. The van der Waals surface area contributed by atoms with Gasteiger partial charge in [0.1, 0.15) is 17.4 Å². The van der Waals surface area contributed by atoms with Crippen LogP contribution >= 0.6 is 23.2 Å². The van der Waals surface area contributed by atoms with Crippen LogP contribution in [0.25, 0.3) is 32.8 Å². The van der Waals surface area contributed by atoms with Crippen LogP contribution in [0.4, 0.5) is 10.2 Å². The van der Waals surface area contributed by atoms with E-state index in [1.165, 1.54) is 12.1 Å². The van der Waals surface area contributed by atoms with E-state index < -0.39 is 5.82 Å². The zero-order valence-corrected chi connectivity index (χ0v) is 28.0. The van der Waals surface area contributed by atoms with Crippen LogP contribution in [0.5, 0.6) is 11.8 Å². The van der Waals surface area contributed by atoms with Crippen LogP contribution in [0.1, 0.15) is 44.1 Å². The highest BCUT2D eigenvalue weighted by molar-refractivity contribution is 6.43. The van der Waals surface area contributed by atoms with E-state index in [0.29, 0.717) is 56.5 Å². The van der Waals surface area contributed by atoms with Gasteiger partial charge in [-0.2, -0.15) is 9.97 Å². The number of benzene rings is 3. The molecule has 1 aromatic heterocycles. The average Bonchev–Trinajstić information content (AvgIpc) is 3.99. The SMILES string of the molecule is C#Cc1c(F)ccc2cc(O)cc(-c3c(Cl)cc4c(N5CC6CCC(C5)N6)nc(OCC5(CN6CCOC7(CC7)C6)CC5)nc4c3Cl)c12. The van der Waals surface area contributed by atoms with Gasteiger partial charge in [0.25, 0.3) is 0 Å². The lowest BCUT2D eigenvalue weighted by atomic mass is 9.93. The van der Waals surface area contributed by atoms with E-state index in [0.717, 1.165) is 83.7 Å². The van der Waals surface area contributed by atoms with Crippen molar-refractivity contribution >= 4 is 50.7 Å². The Labute approximate surface area is 288 Å². The summed E-state index contributed by atoms with van der Waals surface area (Å²) in [5.74, 6) is 2.64. The summed E-state index contributed by atoms with van der Waals surface area (Å²) in [5, 5.41) is 16.7. The maximum atomic E-state index is 15.0. The molecule has 2 atom stereocenters. The molecule has 248 valence electrons. The number of phenols is 1. The molecular formula is C37H36Cl2FN5O3. The summed E-state index contributed by atoms with van der Waals surface area (Å²) in [7, 11) is 0. The quantitative estimate of drug-likeness (QED) is 0.212. The Balaban J connectivity index is 1.13. The minimum absolute atomic E-state index is 0.0226. The van der Waals surface area contributed by atoms with E-state index in [9.17, 15) is 9.50 Å². The van der Waals surface area contributed by atoms with Gasteiger partial charge >= 0.3 is 6.01 Å². The van der Waals surface area contributed by atoms with Gasteiger partial charge in [-0.05, 0) is 73.7 Å². The Hall–Kier alpha value is -3.39. The zero-order valence-electron chi connectivity index (χ0n) is 26.5. The Bertz CT molecular complexity index is 2010. The van der Waals surface area contributed by atoms with E-state index in [-0.39, 0.29) is 33.4 Å². The first kappa shape index (κ1) is 30.7. The summed E-state index contributed by atoms with van der Waals surface area (Å²) in [6.45, 7) is 5.79. The summed E-state index contributed by atoms with van der Waals surface area (Å²) in [4.78, 5) is 14.7. The molecular weight excluding hydrogens is 652 g/mol. The number of hydrogen-bond acceptors (Lipinski definition) is 8. The fourth-order valence-electron chi connectivity index (χ4n) is 8.16. The van der Waals surface area contributed by atoms with Gasteiger partial charge in [0.05, 0.1) is 39.9 Å². The van der Waals surface area contributed by atoms with Crippen molar-refractivity contribution in [2.45, 2.75) is 56.2 Å². The fraction of sp³-hybridized carbons (Fsp3) is 0.459. The zero-order chi connectivity index (χ0) is 32.8. The van der Waals surface area contributed by atoms with Crippen molar-refractivity contribution in [3.8, 4) is 35.2 Å².